The molecule has 0 aliphatic carbocycles. The van der Waals surface area contributed by atoms with Crippen molar-refractivity contribution in [1.82, 2.24) is 4.98 Å². The normalized spacial score (nSPS) is 10.9. The number of furan rings is 1. The third-order valence-corrected chi connectivity index (χ3v) is 2.18. The molecule has 0 unspecified atom stereocenters. The van der Waals surface area contributed by atoms with Gasteiger partial charge >= 0.3 is 0 Å². The van der Waals surface area contributed by atoms with Crippen LogP contribution in [0.3, 0.4) is 0 Å². The molecule has 0 fully saturated rings. The van der Waals surface area contributed by atoms with Crippen molar-refractivity contribution in [3.05, 3.63) is 29.8 Å². The molecule has 68 valence electrons. The van der Waals surface area contributed by atoms with Gasteiger partial charge < -0.3 is 10.2 Å². The van der Waals surface area contributed by atoms with Crippen LogP contribution in [-0.2, 0) is 13.0 Å². The van der Waals surface area contributed by atoms with Gasteiger partial charge in [0.25, 0.3) is 0 Å². The maximum atomic E-state index is 5.54. The van der Waals surface area contributed by atoms with Gasteiger partial charge in [-0.3, -0.25) is 4.98 Å². The van der Waals surface area contributed by atoms with Gasteiger partial charge in [0.05, 0.1) is 6.26 Å². The van der Waals surface area contributed by atoms with Gasteiger partial charge in [-0.2, -0.15) is 0 Å². The molecular weight excluding hydrogens is 164 g/mol. The number of aromatic nitrogens is 1. The lowest BCUT2D eigenvalue weighted by molar-refractivity contribution is 0.609. The second kappa shape index (κ2) is 3.18. The number of pyridine rings is 1. The monoisotopic (exact) mass is 176 g/mol. The average Bonchev–Trinajstić information content (AvgIpc) is 2.59. The molecule has 0 saturated heterocycles. The molecule has 0 radical (unpaired) electrons. The van der Waals surface area contributed by atoms with Crippen LogP contribution >= 0.6 is 0 Å². The number of hydrogen-bond donors (Lipinski definition) is 1. The summed E-state index contributed by atoms with van der Waals surface area (Å²) in [5, 5.41) is 1.03. The third-order valence-electron chi connectivity index (χ3n) is 2.18. The van der Waals surface area contributed by atoms with Crippen LogP contribution < -0.4 is 5.73 Å². The Bertz CT molecular complexity index is 420. The molecule has 0 aliphatic rings. The third kappa shape index (κ3) is 1.31. The highest BCUT2D eigenvalue weighted by molar-refractivity contribution is 5.80. The molecular formula is C10H12N2O. The maximum Gasteiger partial charge on any atom is 0.137 e. The zero-order chi connectivity index (χ0) is 9.26. The van der Waals surface area contributed by atoms with Crippen molar-refractivity contribution in [3.63, 3.8) is 0 Å². The Balaban J connectivity index is 2.61. The first-order chi connectivity index (χ1) is 6.35. The molecule has 0 saturated carbocycles. The van der Waals surface area contributed by atoms with Crippen molar-refractivity contribution >= 4 is 11.0 Å². The highest BCUT2D eigenvalue weighted by Gasteiger charge is 2.04. The summed E-state index contributed by atoms with van der Waals surface area (Å²) in [5.41, 5.74) is 8.49. The summed E-state index contributed by atoms with van der Waals surface area (Å²) < 4.78 is 5.36. The van der Waals surface area contributed by atoms with Crippen molar-refractivity contribution in [2.45, 2.75) is 19.9 Å². The molecule has 2 heterocycles. The van der Waals surface area contributed by atoms with E-state index < -0.39 is 0 Å². The molecule has 0 amide bonds. The van der Waals surface area contributed by atoms with Gasteiger partial charge in [-0.1, -0.05) is 6.92 Å². The SMILES string of the molecule is CCc1cc2occ(CN)c2cn1. The second-order valence-corrected chi connectivity index (χ2v) is 2.99. The van der Waals surface area contributed by atoms with Gasteiger partial charge in [0.15, 0.2) is 0 Å². The predicted molar refractivity (Wildman–Crippen MR) is 51.3 cm³/mol. The summed E-state index contributed by atoms with van der Waals surface area (Å²) in [6.45, 7) is 2.57. The van der Waals surface area contributed by atoms with Crippen LogP contribution in [-0.4, -0.2) is 4.98 Å². The number of fused-ring (bicyclic) bond motifs is 1. The van der Waals surface area contributed by atoms with Crippen LogP contribution in [0.1, 0.15) is 18.2 Å². The molecule has 3 nitrogen and oxygen atoms in total. The standard InChI is InChI=1S/C10H12N2O/c1-2-8-3-10-9(5-12-8)7(4-11)6-13-10/h3,5-6H,2,4,11H2,1H3. The van der Waals surface area contributed by atoms with Gasteiger partial charge in [-0.25, -0.2) is 0 Å². The van der Waals surface area contributed by atoms with Crippen LogP contribution in [0, 0.1) is 0 Å². The maximum absolute atomic E-state index is 5.54. The van der Waals surface area contributed by atoms with Crippen molar-refractivity contribution in [2.75, 3.05) is 0 Å². The molecule has 0 atom stereocenters. The second-order valence-electron chi connectivity index (χ2n) is 2.99. The van der Waals surface area contributed by atoms with Crippen LogP contribution in [0.2, 0.25) is 0 Å². The number of hydrogen-bond acceptors (Lipinski definition) is 3. The molecule has 0 bridgehead atoms. The molecule has 2 rings (SSSR count). The summed E-state index contributed by atoms with van der Waals surface area (Å²) in [6.07, 6.45) is 4.46. The zero-order valence-corrected chi connectivity index (χ0v) is 7.58. The predicted octanol–water partition coefficient (Wildman–Crippen LogP) is 1.85. The van der Waals surface area contributed by atoms with E-state index >= 15 is 0 Å². The quantitative estimate of drug-likeness (QED) is 0.759. The lowest BCUT2D eigenvalue weighted by atomic mass is 10.2. The highest BCUT2D eigenvalue weighted by Crippen LogP contribution is 2.20. The van der Waals surface area contributed by atoms with Crippen molar-refractivity contribution in [3.8, 4) is 0 Å². The van der Waals surface area contributed by atoms with Crippen LogP contribution in [0.4, 0.5) is 0 Å². The van der Waals surface area contributed by atoms with E-state index in [1.165, 1.54) is 0 Å². The van der Waals surface area contributed by atoms with Crippen LogP contribution in [0.5, 0.6) is 0 Å². The Hall–Kier alpha value is -1.35. The lowest BCUT2D eigenvalue weighted by Gasteiger charge is -1.95. The molecule has 2 aromatic heterocycles. The fourth-order valence-electron chi connectivity index (χ4n) is 1.37. The van der Waals surface area contributed by atoms with Gasteiger partial charge in [-0.05, 0) is 6.42 Å². The van der Waals surface area contributed by atoms with E-state index in [2.05, 4.69) is 11.9 Å². The Morgan fingerprint density at radius 3 is 3.08 bits per heavy atom. The van der Waals surface area contributed by atoms with E-state index in [4.69, 9.17) is 10.2 Å². The average molecular weight is 176 g/mol. The summed E-state index contributed by atoms with van der Waals surface area (Å²) in [5.74, 6) is 0. The first-order valence-electron chi connectivity index (χ1n) is 4.40. The zero-order valence-electron chi connectivity index (χ0n) is 7.58. The summed E-state index contributed by atoms with van der Waals surface area (Å²) >= 11 is 0. The number of nitrogens with zero attached hydrogens (tertiary/aromatic N) is 1. The minimum atomic E-state index is 0.500. The Kier molecular flexibility index (Phi) is 2.02. The first-order valence-corrected chi connectivity index (χ1v) is 4.40. The number of rotatable bonds is 2. The first kappa shape index (κ1) is 8.26. The van der Waals surface area contributed by atoms with E-state index in [0.29, 0.717) is 6.54 Å². The summed E-state index contributed by atoms with van der Waals surface area (Å²) in [6, 6.07) is 1.97. The van der Waals surface area contributed by atoms with Crippen molar-refractivity contribution in [2.24, 2.45) is 5.73 Å². The summed E-state index contributed by atoms with van der Waals surface area (Å²) in [4.78, 5) is 4.29. The van der Waals surface area contributed by atoms with E-state index in [0.717, 1.165) is 28.6 Å². The smallest absolute Gasteiger partial charge is 0.137 e. The van der Waals surface area contributed by atoms with Gasteiger partial charge in [0.1, 0.15) is 5.58 Å². The molecule has 2 aromatic rings. The fourth-order valence-corrected chi connectivity index (χ4v) is 1.37. The van der Waals surface area contributed by atoms with E-state index in [9.17, 15) is 0 Å². The van der Waals surface area contributed by atoms with Crippen LogP contribution in [0.25, 0.3) is 11.0 Å². The van der Waals surface area contributed by atoms with Gasteiger partial charge in [-0.15, -0.1) is 0 Å². The number of aryl methyl sites for hydroxylation is 1. The molecule has 13 heavy (non-hydrogen) atoms. The van der Waals surface area contributed by atoms with Crippen LogP contribution in [0.15, 0.2) is 22.9 Å². The molecule has 3 heteroatoms. The van der Waals surface area contributed by atoms with Crippen molar-refractivity contribution < 1.29 is 4.42 Å². The van der Waals surface area contributed by atoms with E-state index in [1.54, 1.807) is 6.26 Å². The lowest BCUT2D eigenvalue weighted by Crippen LogP contribution is -1.94. The Morgan fingerprint density at radius 2 is 2.38 bits per heavy atom. The van der Waals surface area contributed by atoms with Gasteiger partial charge in [0, 0.05) is 35.5 Å². The molecule has 0 aliphatic heterocycles. The number of nitrogens with two attached hydrogens (primary N) is 1. The molecule has 2 N–H and O–H groups in total. The van der Waals surface area contributed by atoms with Crippen molar-refractivity contribution in [1.29, 1.82) is 0 Å². The highest BCUT2D eigenvalue weighted by atomic mass is 16.3. The fraction of sp³-hybridized carbons (Fsp3) is 0.300. The summed E-state index contributed by atoms with van der Waals surface area (Å²) in [7, 11) is 0. The molecule has 0 spiro atoms. The topological polar surface area (TPSA) is 52.0 Å². The largest absolute Gasteiger partial charge is 0.464 e. The minimum Gasteiger partial charge on any atom is -0.464 e. The van der Waals surface area contributed by atoms with Gasteiger partial charge in [0.2, 0.25) is 0 Å². The Labute approximate surface area is 76.6 Å². The van der Waals surface area contributed by atoms with E-state index in [1.807, 2.05) is 12.3 Å². The van der Waals surface area contributed by atoms with E-state index in [-0.39, 0.29) is 0 Å². The Morgan fingerprint density at radius 1 is 1.54 bits per heavy atom. The minimum absolute atomic E-state index is 0.500. The molecule has 0 aromatic carbocycles.